The first-order valence-electron chi connectivity index (χ1n) is 9.90. The molecular weight excluding hydrogens is 397 g/mol. The largest absolute Gasteiger partial charge is 0.419 e. The van der Waals surface area contributed by atoms with Gasteiger partial charge in [0.05, 0.1) is 5.69 Å². The molecule has 1 saturated heterocycles. The molecule has 1 amide bonds. The first kappa shape index (κ1) is 20.4. The van der Waals surface area contributed by atoms with Crippen molar-refractivity contribution in [2.24, 2.45) is 0 Å². The number of nitrogens with zero attached hydrogens (tertiary/aromatic N) is 3. The van der Waals surface area contributed by atoms with E-state index in [0.29, 0.717) is 24.9 Å². The van der Waals surface area contributed by atoms with E-state index in [1.165, 1.54) is 11.1 Å². The first-order chi connectivity index (χ1) is 14.3. The minimum atomic E-state index is -4.62. The number of carbonyl (C=O) groups excluding carboxylic acids is 1. The fraction of sp³-hybridized carbons (Fsp3) is 0.450. The smallest absolute Gasteiger partial charge is 0.356 e. The number of alkyl halides is 3. The molecule has 0 saturated carbocycles. The van der Waals surface area contributed by atoms with Gasteiger partial charge in [-0.1, -0.05) is 6.08 Å². The van der Waals surface area contributed by atoms with Crippen LogP contribution in [0.2, 0.25) is 0 Å². The Balaban J connectivity index is 1.77. The third-order valence-corrected chi connectivity index (χ3v) is 5.39. The summed E-state index contributed by atoms with van der Waals surface area (Å²) < 4.78 is 41.2. The zero-order chi connectivity index (χ0) is 21.3. The Morgan fingerprint density at radius 1 is 1.33 bits per heavy atom. The lowest BCUT2D eigenvalue weighted by molar-refractivity contribution is -0.137. The average Bonchev–Trinajstić information content (AvgIpc) is 3.12. The van der Waals surface area contributed by atoms with Crippen LogP contribution in [0.1, 0.15) is 40.9 Å². The quantitative estimate of drug-likeness (QED) is 0.710. The summed E-state index contributed by atoms with van der Waals surface area (Å²) >= 11 is 0. The molecule has 1 atom stereocenters. The molecule has 2 aromatic heterocycles. The normalized spacial score (nSPS) is 21.0. The highest BCUT2D eigenvalue weighted by Crippen LogP contribution is 2.38. The Morgan fingerprint density at radius 3 is 2.90 bits per heavy atom. The summed E-state index contributed by atoms with van der Waals surface area (Å²) in [5, 5.41) is 6.38. The van der Waals surface area contributed by atoms with Gasteiger partial charge in [0.1, 0.15) is 11.3 Å². The molecule has 4 heterocycles. The van der Waals surface area contributed by atoms with Crippen LogP contribution in [0.25, 0.3) is 11.3 Å². The lowest BCUT2D eigenvalue weighted by Gasteiger charge is -2.24. The molecule has 0 spiro atoms. The summed E-state index contributed by atoms with van der Waals surface area (Å²) in [4.78, 5) is 25.1. The maximum absolute atomic E-state index is 13.7. The van der Waals surface area contributed by atoms with Gasteiger partial charge >= 0.3 is 6.18 Å². The van der Waals surface area contributed by atoms with Gasteiger partial charge in [-0.2, -0.15) is 13.2 Å². The number of rotatable bonds is 3. The fourth-order valence-electron chi connectivity index (χ4n) is 3.84. The van der Waals surface area contributed by atoms with Crippen LogP contribution in [0, 0.1) is 0 Å². The van der Waals surface area contributed by atoms with Gasteiger partial charge < -0.3 is 20.5 Å². The number of halogens is 3. The molecule has 2 aliphatic rings. The fourth-order valence-corrected chi connectivity index (χ4v) is 3.84. The average molecular weight is 420 g/mol. The number of piperidine rings is 1. The predicted octanol–water partition coefficient (Wildman–Crippen LogP) is 3.19. The summed E-state index contributed by atoms with van der Waals surface area (Å²) in [5.74, 6) is -0.155. The molecule has 10 heteroatoms. The van der Waals surface area contributed by atoms with Gasteiger partial charge in [-0.05, 0) is 37.8 Å². The number of carbonyl (C=O) groups is 1. The summed E-state index contributed by atoms with van der Waals surface area (Å²) in [6.45, 7) is 1.62. The number of anilines is 1. The van der Waals surface area contributed by atoms with Crippen LogP contribution in [0.15, 0.2) is 24.7 Å². The second kappa shape index (κ2) is 8.10. The number of aromatic amines is 1. The number of allylic oxidation sites excluding steroid dienone is 1. The van der Waals surface area contributed by atoms with Gasteiger partial charge in [0.25, 0.3) is 5.91 Å². The van der Waals surface area contributed by atoms with Gasteiger partial charge in [-0.3, -0.25) is 4.79 Å². The Labute approximate surface area is 171 Å². The summed E-state index contributed by atoms with van der Waals surface area (Å²) in [6, 6.07) is 0.0514. The van der Waals surface area contributed by atoms with Crippen molar-refractivity contribution in [3.63, 3.8) is 0 Å². The van der Waals surface area contributed by atoms with E-state index in [0.717, 1.165) is 25.6 Å². The number of hydrogen-bond acceptors (Lipinski definition) is 5. The zero-order valence-electron chi connectivity index (χ0n) is 16.5. The lowest BCUT2D eigenvalue weighted by Crippen LogP contribution is -2.38. The van der Waals surface area contributed by atoms with Gasteiger partial charge in [0.2, 0.25) is 5.95 Å². The van der Waals surface area contributed by atoms with Crippen LogP contribution in [0.5, 0.6) is 0 Å². The van der Waals surface area contributed by atoms with Crippen LogP contribution < -0.4 is 10.6 Å². The molecule has 0 unspecified atom stereocenters. The molecule has 0 aliphatic carbocycles. The van der Waals surface area contributed by atoms with E-state index in [4.69, 9.17) is 0 Å². The summed E-state index contributed by atoms with van der Waals surface area (Å²) in [7, 11) is 1.61. The molecule has 2 aliphatic heterocycles. The Hall–Kier alpha value is -2.88. The molecule has 0 bridgehead atoms. The van der Waals surface area contributed by atoms with Crippen molar-refractivity contribution in [2.75, 3.05) is 25.5 Å². The summed E-state index contributed by atoms with van der Waals surface area (Å²) in [6.07, 6.45) is 4.01. The van der Waals surface area contributed by atoms with Crippen LogP contribution >= 0.6 is 0 Å². The topological polar surface area (TPSA) is 85.9 Å². The predicted molar refractivity (Wildman–Crippen MR) is 106 cm³/mol. The van der Waals surface area contributed by atoms with E-state index < -0.39 is 11.7 Å². The van der Waals surface area contributed by atoms with Crippen LogP contribution in [0.3, 0.4) is 0 Å². The number of nitrogens with one attached hydrogen (secondary N) is 3. The zero-order valence-corrected chi connectivity index (χ0v) is 16.5. The Kier molecular flexibility index (Phi) is 5.50. The summed E-state index contributed by atoms with van der Waals surface area (Å²) in [5.41, 5.74) is -0.0434. The molecular formula is C20H23F3N6O. The number of amides is 1. The molecule has 3 N–H and O–H groups in total. The monoisotopic (exact) mass is 420 g/mol. The molecule has 1 fully saturated rings. The first-order valence-corrected chi connectivity index (χ1v) is 9.90. The van der Waals surface area contributed by atoms with Crippen molar-refractivity contribution in [1.29, 1.82) is 0 Å². The van der Waals surface area contributed by atoms with Crippen molar-refractivity contribution < 1.29 is 18.0 Å². The van der Waals surface area contributed by atoms with Crippen LogP contribution in [0.4, 0.5) is 19.1 Å². The minimum absolute atomic E-state index is 0.0514. The second-order valence-corrected chi connectivity index (χ2v) is 7.54. The Bertz CT molecular complexity index is 962. The van der Waals surface area contributed by atoms with Gasteiger partial charge in [-0.15, -0.1) is 0 Å². The second-order valence-electron chi connectivity index (χ2n) is 7.54. The van der Waals surface area contributed by atoms with Gasteiger partial charge in [0.15, 0.2) is 0 Å². The minimum Gasteiger partial charge on any atom is -0.356 e. The SMILES string of the molecule is CN1/C=C\CCc2c(-c3nc(N[C@H]4CCCNC4)ncc3C(F)(F)F)c[nH]c2C1=O. The van der Waals surface area contributed by atoms with Crippen LogP contribution in [-0.4, -0.2) is 51.9 Å². The molecule has 160 valence electrons. The van der Waals surface area contributed by atoms with Crippen molar-refractivity contribution in [2.45, 2.75) is 37.9 Å². The standard InChI is InChI=1S/C20H23F3N6O/c1-29-8-3-2-6-13-14(10-25-17(13)18(29)30)16-15(20(21,22)23)11-26-19(28-16)27-12-5-4-7-24-9-12/h3,8,10-12,24-25H,2,4-7,9H2,1H3,(H,26,27,28)/b8-3-/t12-/m0/s1. The molecule has 0 radical (unpaired) electrons. The third-order valence-electron chi connectivity index (χ3n) is 5.39. The highest BCUT2D eigenvalue weighted by molar-refractivity contribution is 5.96. The van der Waals surface area contributed by atoms with Crippen molar-refractivity contribution in [1.82, 2.24) is 25.2 Å². The van der Waals surface area contributed by atoms with E-state index >= 15 is 0 Å². The van der Waals surface area contributed by atoms with Gasteiger partial charge in [-0.25, -0.2) is 9.97 Å². The molecule has 7 nitrogen and oxygen atoms in total. The van der Waals surface area contributed by atoms with E-state index in [1.807, 2.05) is 6.08 Å². The van der Waals surface area contributed by atoms with E-state index in [1.54, 1.807) is 13.2 Å². The molecule has 4 rings (SSSR count). The third kappa shape index (κ3) is 4.04. The number of H-pyrrole nitrogens is 1. The molecule has 0 aromatic carbocycles. The number of hydrogen-bond donors (Lipinski definition) is 3. The van der Waals surface area contributed by atoms with Crippen LogP contribution in [-0.2, 0) is 12.6 Å². The van der Waals surface area contributed by atoms with E-state index in [9.17, 15) is 18.0 Å². The highest BCUT2D eigenvalue weighted by atomic mass is 19.4. The number of aromatic nitrogens is 3. The maximum atomic E-state index is 13.7. The Morgan fingerprint density at radius 2 is 2.17 bits per heavy atom. The highest BCUT2D eigenvalue weighted by Gasteiger charge is 2.37. The van der Waals surface area contributed by atoms with E-state index in [2.05, 4.69) is 25.6 Å². The molecule has 2 aromatic rings. The molecule has 30 heavy (non-hydrogen) atoms. The van der Waals surface area contributed by atoms with Crippen molar-refractivity contribution in [3.05, 3.63) is 41.5 Å². The lowest BCUT2D eigenvalue weighted by atomic mass is 9.99. The maximum Gasteiger partial charge on any atom is 0.419 e. The van der Waals surface area contributed by atoms with E-state index in [-0.39, 0.29) is 34.8 Å². The number of fused-ring (bicyclic) bond motifs is 1. The van der Waals surface area contributed by atoms with Crippen molar-refractivity contribution in [3.8, 4) is 11.3 Å². The van der Waals surface area contributed by atoms with Crippen molar-refractivity contribution >= 4 is 11.9 Å². The van der Waals surface area contributed by atoms with Gasteiger partial charge in [0, 0.05) is 43.8 Å².